The van der Waals surface area contributed by atoms with Gasteiger partial charge in [-0.3, -0.25) is 4.79 Å². The fourth-order valence-electron chi connectivity index (χ4n) is 2.90. The van der Waals surface area contributed by atoms with Crippen LogP contribution < -0.4 is 10.6 Å². The molecule has 1 aliphatic rings. The van der Waals surface area contributed by atoms with E-state index in [4.69, 9.17) is 0 Å². The number of amides is 1. The van der Waals surface area contributed by atoms with Crippen LogP contribution in [-0.2, 0) is 14.6 Å². The average Bonchev–Trinajstić information content (AvgIpc) is 2.96. The Bertz CT molecular complexity index is 806. The number of nitrogens with one attached hydrogen (secondary N) is 3. The highest BCUT2D eigenvalue weighted by Crippen LogP contribution is 2.30. The Kier molecular flexibility index (Phi) is 3.65. The Balaban J connectivity index is 1.97. The summed E-state index contributed by atoms with van der Waals surface area (Å²) in [5.41, 5.74) is 1.93. The molecule has 118 valence electrons. The maximum atomic E-state index is 12.7. The zero-order chi connectivity index (χ0) is 15.8. The van der Waals surface area contributed by atoms with E-state index < -0.39 is 20.5 Å². The lowest BCUT2D eigenvalue weighted by Crippen LogP contribution is -2.55. The standard InChI is InChI=1S/C14H18N4O3S/c1-22(20,21)14(5-7-15-8-6-14)13(19)18-11-4-2-3-10-12(11)17-9-16-10/h2-4,9,15H,5-8H2,1H3,(H,16,17)(H,18,19). The minimum atomic E-state index is -3.53. The van der Waals surface area contributed by atoms with Crippen LogP contribution in [0.5, 0.6) is 0 Å². The molecule has 1 saturated heterocycles. The molecule has 0 bridgehead atoms. The zero-order valence-electron chi connectivity index (χ0n) is 12.2. The van der Waals surface area contributed by atoms with Gasteiger partial charge in [0.15, 0.2) is 14.6 Å². The SMILES string of the molecule is CS(=O)(=O)C1(C(=O)Nc2cccc3[nH]cnc23)CCNCC1. The molecular formula is C14H18N4O3S. The largest absolute Gasteiger partial charge is 0.345 e. The number of hydrogen-bond acceptors (Lipinski definition) is 5. The van der Waals surface area contributed by atoms with E-state index >= 15 is 0 Å². The number of sulfone groups is 1. The van der Waals surface area contributed by atoms with Crippen molar-refractivity contribution in [1.82, 2.24) is 15.3 Å². The van der Waals surface area contributed by atoms with Crippen LogP contribution in [0, 0.1) is 0 Å². The van der Waals surface area contributed by atoms with Gasteiger partial charge in [-0.05, 0) is 38.1 Å². The lowest BCUT2D eigenvalue weighted by molar-refractivity contribution is -0.119. The van der Waals surface area contributed by atoms with Crippen molar-refractivity contribution in [3.63, 3.8) is 0 Å². The highest BCUT2D eigenvalue weighted by molar-refractivity contribution is 7.92. The summed E-state index contributed by atoms with van der Waals surface area (Å²) in [7, 11) is -3.53. The van der Waals surface area contributed by atoms with Gasteiger partial charge in [0.25, 0.3) is 0 Å². The van der Waals surface area contributed by atoms with Gasteiger partial charge in [0, 0.05) is 6.26 Å². The molecule has 0 unspecified atom stereocenters. The zero-order valence-corrected chi connectivity index (χ0v) is 13.0. The monoisotopic (exact) mass is 322 g/mol. The molecule has 0 radical (unpaired) electrons. The van der Waals surface area contributed by atoms with Gasteiger partial charge in [-0.15, -0.1) is 0 Å². The molecule has 7 nitrogen and oxygen atoms in total. The van der Waals surface area contributed by atoms with Crippen molar-refractivity contribution in [2.45, 2.75) is 17.6 Å². The average molecular weight is 322 g/mol. The van der Waals surface area contributed by atoms with Crippen molar-refractivity contribution in [2.24, 2.45) is 0 Å². The topological polar surface area (TPSA) is 104 Å². The molecule has 0 atom stereocenters. The van der Waals surface area contributed by atoms with Crippen molar-refractivity contribution >= 4 is 32.5 Å². The summed E-state index contributed by atoms with van der Waals surface area (Å²) < 4.78 is 23.1. The summed E-state index contributed by atoms with van der Waals surface area (Å²) >= 11 is 0. The predicted molar refractivity (Wildman–Crippen MR) is 84.4 cm³/mol. The quantitative estimate of drug-likeness (QED) is 0.770. The van der Waals surface area contributed by atoms with Gasteiger partial charge in [-0.2, -0.15) is 0 Å². The number of imidazole rings is 1. The van der Waals surface area contributed by atoms with Gasteiger partial charge >= 0.3 is 0 Å². The van der Waals surface area contributed by atoms with Crippen LogP contribution in [-0.4, -0.2) is 48.4 Å². The number of benzene rings is 1. The van der Waals surface area contributed by atoms with E-state index in [1.54, 1.807) is 12.1 Å². The molecule has 8 heteroatoms. The maximum absolute atomic E-state index is 12.7. The van der Waals surface area contributed by atoms with E-state index in [2.05, 4.69) is 20.6 Å². The van der Waals surface area contributed by atoms with Crippen LogP contribution in [0.4, 0.5) is 5.69 Å². The molecule has 2 heterocycles. The van der Waals surface area contributed by atoms with Crippen molar-refractivity contribution in [3.05, 3.63) is 24.5 Å². The molecule has 1 aromatic carbocycles. The molecule has 1 amide bonds. The van der Waals surface area contributed by atoms with Crippen LogP contribution in [0.1, 0.15) is 12.8 Å². The number of aromatic amines is 1. The molecule has 1 fully saturated rings. The van der Waals surface area contributed by atoms with Crippen LogP contribution in [0.25, 0.3) is 11.0 Å². The summed E-state index contributed by atoms with van der Waals surface area (Å²) in [4.78, 5) is 19.9. The first-order valence-corrected chi connectivity index (χ1v) is 8.97. The Morgan fingerprint density at radius 1 is 1.32 bits per heavy atom. The van der Waals surface area contributed by atoms with Gasteiger partial charge in [-0.25, -0.2) is 13.4 Å². The van der Waals surface area contributed by atoms with E-state index in [1.165, 1.54) is 6.33 Å². The molecule has 3 rings (SSSR count). The molecule has 2 aromatic rings. The van der Waals surface area contributed by atoms with Crippen molar-refractivity contribution in [1.29, 1.82) is 0 Å². The Morgan fingerprint density at radius 3 is 2.73 bits per heavy atom. The highest BCUT2D eigenvalue weighted by Gasteiger charge is 2.48. The summed E-state index contributed by atoms with van der Waals surface area (Å²) in [6, 6.07) is 5.35. The number of rotatable bonds is 3. The van der Waals surface area contributed by atoms with E-state index in [-0.39, 0.29) is 12.8 Å². The van der Waals surface area contributed by atoms with Crippen molar-refractivity contribution < 1.29 is 13.2 Å². The molecule has 3 N–H and O–H groups in total. The first-order valence-electron chi connectivity index (χ1n) is 7.08. The second-order valence-corrected chi connectivity index (χ2v) is 7.90. The third-order valence-corrected chi connectivity index (χ3v) is 6.25. The number of hydrogen-bond donors (Lipinski definition) is 3. The lowest BCUT2D eigenvalue weighted by Gasteiger charge is -2.34. The van der Waals surface area contributed by atoms with E-state index in [1.807, 2.05) is 6.07 Å². The van der Waals surface area contributed by atoms with Crippen molar-refractivity contribution in [3.8, 4) is 0 Å². The number of anilines is 1. The molecule has 1 aromatic heterocycles. The summed E-state index contributed by atoms with van der Waals surface area (Å²) in [5.74, 6) is -0.480. The Labute approximate surface area is 128 Å². The fourth-order valence-corrected chi connectivity index (χ4v) is 4.23. The first-order chi connectivity index (χ1) is 10.4. The van der Waals surface area contributed by atoms with Crippen LogP contribution >= 0.6 is 0 Å². The predicted octanol–water partition coefficient (Wildman–Crippen LogP) is 0.668. The van der Waals surface area contributed by atoms with Crippen LogP contribution in [0.2, 0.25) is 0 Å². The molecular weight excluding hydrogens is 304 g/mol. The van der Waals surface area contributed by atoms with E-state index in [0.717, 1.165) is 11.8 Å². The number of para-hydroxylation sites is 1. The number of nitrogens with zero attached hydrogens (tertiary/aromatic N) is 1. The second-order valence-electron chi connectivity index (χ2n) is 5.57. The highest BCUT2D eigenvalue weighted by atomic mass is 32.2. The minimum absolute atomic E-state index is 0.272. The molecule has 0 saturated carbocycles. The Morgan fingerprint density at radius 2 is 2.05 bits per heavy atom. The minimum Gasteiger partial charge on any atom is -0.345 e. The number of H-pyrrole nitrogens is 1. The molecule has 0 aliphatic carbocycles. The number of carbonyl (C=O) groups is 1. The first kappa shape index (κ1) is 15.0. The van der Waals surface area contributed by atoms with Gasteiger partial charge in [0.1, 0.15) is 5.52 Å². The van der Waals surface area contributed by atoms with Gasteiger partial charge in [0.2, 0.25) is 5.91 Å². The van der Waals surface area contributed by atoms with E-state index in [0.29, 0.717) is 24.3 Å². The summed E-state index contributed by atoms with van der Waals surface area (Å²) in [6.07, 6.45) is 3.21. The third kappa shape index (κ3) is 2.38. The lowest BCUT2D eigenvalue weighted by atomic mass is 9.95. The normalized spacial score (nSPS) is 18.2. The van der Waals surface area contributed by atoms with E-state index in [9.17, 15) is 13.2 Å². The van der Waals surface area contributed by atoms with Crippen LogP contribution in [0.3, 0.4) is 0 Å². The van der Waals surface area contributed by atoms with Gasteiger partial charge < -0.3 is 15.6 Å². The summed E-state index contributed by atoms with van der Waals surface area (Å²) in [6.45, 7) is 1.01. The van der Waals surface area contributed by atoms with Crippen molar-refractivity contribution in [2.75, 3.05) is 24.7 Å². The molecule has 1 aliphatic heterocycles. The number of piperidine rings is 1. The number of aromatic nitrogens is 2. The number of carbonyl (C=O) groups excluding carboxylic acids is 1. The van der Waals surface area contributed by atoms with Gasteiger partial charge in [-0.1, -0.05) is 6.07 Å². The number of fused-ring (bicyclic) bond motifs is 1. The fraction of sp³-hybridized carbons (Fsp3) is 0.429. The maximum Gasteiger partial charge on any atom is 0.245 e. The van der Waals surface area contributed by atoms with Crippen LogP contribution in [0.15, 0.2) is 24.5 Å². The molecule has 22 heavy (non-hydrogen) atoms. The van der Waals surface area contributed by atoms with Gasteiger partial charge in [0.05, 0.1) is 17.5 Å². The summed E-state index contributed by atoms with van der Waals surface area (Å²) in [5, 5.41) is 5.85. The molecule has 0 spiro atoms. The second kappa shape index (κ2) is 5.36. The Hall–Kier alpha value is -1.93. The smallest absolute Gasteiger partial charge is 0.245 e. The third-order valence-electron chi connectivity index (χ3n) is 4.23.